The summed E-state index contributed by atoms with van der Waals surface area (Å²) in [4.78, 5) is 4.48. The lowest BCUT2D eigenvalue weighted by Gasteiger charge is -2.09. The van der Waals surface area contributed by atoms with E-state index in [2.05, 4.69) is 58.8 Å². The second-order valence-corrected chi connectivity index (χ2v) is 5.36. The van der Waals surface area contributed by atoms with Crippen LogP contribution in [0.1, 0.15) is 11.1 Å². The monoisotopic (exact) mass is 296 g/mol. The number of aryl methyl sites for hydroxylation is 1. The number of benzene rings is 2. The van der Waals surface area contributed by atoms with Gasteiger partial charge in [0.25, 0.3) is 0 Å². The first-order valence-corrected chi connectivity index (χ1v) is 7.61. The van der Waals surface area contributed by atoms with E-state index in [-0.39, 0.29) is 0 Å². The minimum atomic E-state index is 0.661. The number of aromatic nitrogens is 1. The summed E-state index contributed by atoms with van der Waals surface area (Å²) in [5.41, 5.74) is 4.65. The zero-order valence-electron chi connectivity index (χ0n) is 11.7. The molecule has 0 aliphatic rings. The summed E-state index contributed by atoms with van der Waals surface area (Å²) in [5.74, 6) is 0.661. The van der Waals surface area contributed by atoms with Gasteiger partial charge in [0.05, 0.1) is 5.52 Å². The molecule has 2 aromatic carbocycles. The maximum absolute atomic E-state index is 5.75. The molecule has 0 unspecified atom stereocenters. The van der Waals surface area contributed by atoms with E-state index in [0.29, 0.717) is 5.88 Å². The van der Waals surface area contributed by atoms with Crippen molar-refractivity contribution in [3.63, 3.8) is 0 Å². The molecule has 0 radical (unpaired) electrons. The number of fused-ring (bicyclic) bond motifs is 1. The van der Waals surface area contributed by atoms with E-state index in [9.17, 15) is 0 Å². The van der Waals surface area contributed by atoms with Gasteiger partial charge in [0.2, 0.25) is 0 Å². The second-order valence-electron chi connectivity index (χ2n) is 4.98. The lowest BCUT2D eigenvalue weighted by atomic mass is 10.1. The molecule has 2 nitrogen and oxygen atoms in total. The van der Waals surface area contributed by atoms with Crippen LogP contribution in [-0.2, 0) is 13.0 Å². The molecule has 3 aromatic rings. The summed E-state index contributed by atoms with van der Waals surface area (Å²) >= 11 is 5.75. The highest BCUT2D eigenvalue weighted by Crippen LogP contribution is 2.18. The summed E-state index contributed by atoms with van der Waals surface area (Å²) in [6.45, 7) is 0.767. The Morgan fingerprint density at radius 1 is 0.952 bits per heavy atom. The van der Waals surface area contributed by atoms with Crippen molar-refractivity contribution in [1.82, 2.24) is 4.98 Å². The average molecular weight is 297 g/mol. The lowest BCUT2D eigenvalue weighted by molar-refractivity contribution is 1.13. The fraction of sp³-hybridized carbons (Fsp3) is 0.167. The Bertz CT molecular complexity index is 717. The van der Waals surface area contributed by atoms with E-state index in [4.69, 9.17) is 11.6 Å². The molecule has 0 bridgehead atoms. The van der Waals surface area contributed by atoms with Crippen LogP contribution in [0.3, 0.4) is 0 Å². The summed E-state index contributed by atoms with van der Waals surface area (Å²) in [6, 6.07) is 18.8. The van der Waals surface area contributed by atoms with Gasteiger partial charge in [-0.1, -0.05) is 36.4 Å². The minimum absolute atomic E-state index is 0.661. The predicted octanol–water partition coefficient (Wildman–Crippen LogP) is 4.63. The topological polar surface area (TPSA) is 24.9 Å². The highest BCUT2D eigenvalue weighted by Gasteiger charge is 2.01. The first-order valence-electron chi connectivity index (χ1n) is 7.08. The molecule has 1 aromatic heterocycles. The van der Waals surface area contributed by atoms with Gasteiger partial charge in [-0.2, -0.15) is 0 Å². The summed E-state index contributed by atoms with van der Waals surface area (Å²) < 4.78 is 0. The highest BCUT2D eigenvalue weighted by molar-refractivity contribution is 6.17. The van der Waals surface area contributed by atoms with Gasteiger partial charge >= 0.3 is 0 Å². The Morgan fingerprint density at radius 3 is 2.57 bits per heavy atom. The average Bonchev–Trinajstić information content (AvgIpc) is 2.54. The zero-order valence-corrected chi connectivity index (χ0v) is 12.5. The fourth-order valence-corrected chi connectivity index (χ4v) is 2.62. The van der Waals surface area contributed by atoms with Crippen molar-refractivity contribution in [3.8, 4) is 0 Å². The van der Waals surface area contributed by atoms with Gasteiger partial charge in [0, 0.05) is 29.7 Å². The quantitative estimate of drug-likeness (QED) is 0.694. The third-order valence-corrected chi connectivity index (χ3v) is 3.73. The van der Waals surface area contributed by atoms with E-state index in [1.54, 1.807) is 0 Å². The molecule has 0 spiro atoms. The molecule has 1 N–H and O–H groups in total. The lowest BCUT2D eigenvalue weighted by Crippen LogP contribution is -2.01. The molecule has 0 aliphatic carbocycles. The molecule has 0 saturated carbocycles. The van der Waals surface area contributed by atoms with E-state index < -0.39 is 0 Å². The van der Waals surface area contributed by atoms with Gasteiger partial charge in [-0.3, -0.25) is 4.98 Å². The van der Waals surface area contributed by atoms with Crippen molar-refractivity contribution in [2.75, 3.05) is 11.2 Å². The standard InChI is InChI=1S/C18H17ClN2/c19-11-10-14-6-8-17(9-7-14)21-13-16-4-1-3-15-5-2-12-20-18(15)16/h1-9,12,21H,10-11,13H2. The number of hydrogen-bond acceptors (Lipinski definition) is 2. The van der Waals surface area contributed by atoms with Crippen molar-refractivity contribution < 1.29 is 0 Å². The van der Waals surface area contributed by atoms with Crippen molar-refractivity contribution >= 4 is 28.2 Å². The van der Waals surface area contributed by atoms with Gasteiger partial charge in [-0.15, -0.1) is 11.6 Å². The van der Waals surface area contributed by atoms with Crippen LogP contribution in [0.25, 0.3) is 10.9 Å². The highest BCUT2D eigenvalue weighted by atomic mass is 35.5. The molecular weight excluding hydrogens is 280 g/mol. The van der Waals surface area contributed by atoms with Gasteiger partial charge in [0.15, 0.2) is 0 Å². The summed E-state index contributed by atoms with van der Waals surface area (Å²) in [5, 5.41) is 4.62. The number of alkyl halides is 1. The van der Waals surface area contributed by atoms with Crippen LogP contribution in [0.15, 0.2) is 60.8 Å². The van der Waals surface area contributed by atoms with E-state index in [1.807, 2.05) is 12.3 Å². The molecule has 3 heteroatoms. The Hall–Kier alpha value is -2.06. The third-order valence-electron chi connectivity index (χ3n) is 3.54. The first kappa shape index (κ1) is 13.9. The van der Waals surface area contributed by atoms with Crippen LogP contribution in [-0.4, -0.2) is 10.9 Å². The van der Waals surface area contributed by atoms with Gasteiger partial charge in [-0.05, 0) is 35.7 Å². The number of nitrogens with zero attached hydrogens (tertiary/aromatic N) is 1. The second kappa shape index (κ2) is 6.59. The molecule has 0 aliphatic heterocycles. The molecular formula is C18H17ClN2. The molecule has 0 fully saturated rings. The van der Waals surface area contributed by atoms with Gasteiger partial charge < -0.3 is 5.32 Å². The molecule has 1 heterocycles. The number of halogens is 1. The van der Waals surface area contributed by atoms with Crippen LogP contribution in [0.2, 0.25) is 0 Å². The maximum atomic E-state index is 5.75. The summed E-state index contributed by atoms with van der Waals surface area (Å²) in [6.07, 6.45) is 2.75. The molecule has 0 amide bonds. The Kier molecular flexibility index (Phi) is 4.37. The van der Waals surface area contributed by atoms with Crippen LogP contribution in [0.4, 0.5) is 5.69 Å². The number of para-hydroxylation sites is 1. The van der Waals surface area contributed by atoms with Crippen LogP contribution in [0.5, 0.6) is 0 Å². The van der Waals surface area contributed by atoms with Crippen LogP contribution >= 0.6 is 11.6 Å². The van der Waals surface area contributed by atoms with Crippen LogP contribution in [0, 0.1) is 0 Å². The predicted molar refractivity (Wildman–Crippen MR) is 89.9 cm³/mol. The third kappa shape index (κ3) is 3.34. The van der Waals surface area contributed by atoms with Gasteiger partial charge in [-0.25, -0.2) is 0 Å². The Labute approximate surface area is 129 Å². The van der Waals surface area contributed by atoms with Crippen molar-refractivity contribution in [1.29, 1.82) is 0 Å². The Balaban J connectivity index is 1.74. The first-order chi connectivity index (χ1) is 10.4. The molecule has 3 rings (SSSR count). The van der Waals surface area contributed by atoms with E-state index in [0.717, 1.165) is 24.2 Å². The largest absolute Gasteiger partial charge is 0.381 e. The fourth-order valence-electron chi connectivity index (χ4n) is 2.41. The van der Waals surface area contributed by atoms with Crippen molar-refractivity contribution in [2.45, 2.75) is 13.0 Å². The van der Waals surface area contributed by atoms with Crippen LogP contribution < -0.4 is 5.32 Å². The zero-order chi connectivity index (χ0) is 14.5. The Morgan fingerprint density at radius 2 is 1.76 bits per heavy atom. The number of rotatable bonds is 5. The van der Waals surface area contributed by atoms with E-state index in [1.165, 1.54) is 16.5 Å². The molecule has 0 saturated heterocycles. The molecule has 21 heavy (non-hydrogen) atoms. The van der Waals surface area contributed by atoms with Gasteiger partial charge in [0.1, 0.15) is 0 Å². The number of anilines is 1. The minimum Gasteiger partial charge on any atom is -0.381 e. The van der Waals surface area contributed by atoms with Crippen molar-refractivity contribution in [2.24, 2.45) is 0 Å². The number of nitrogens with one attached hydrogen (secondary N) is 1. The van der Waals surface area contributed by atoms with E-state index >= 15 is 0 Å². The molecule has 106 valence electrons. The summed E-state index contributed by atoms with van der Waals surface area (Å²) in [7, 11) is 0. The van der Waals surface area contributed by atoms with Crippen molar-refractivity contribution in [3.05, 3.63) is 71.9 Å². The number of pyridine rings is 1. The SMILES string of the molecule is ClCCc1ccc(NCc2cccc3cccnc23)cc1. The molecule has 0 atom stereocenters. The normalized spacial score (nSPS) is 10.7. The smallest absolute Gasteiger partial charge is 0.0751 e. The number of hydrogen-bond donors (Lipinski definition) is 1. The maximum Gasteiger partial charge on any atom is 0.0751 e.